The van der Waals surface area contributed by atoms with E-state index in [0.29, 0.717) is 5.56 Å². The number of aliphatic carboxylic acids is 1. The molecule has 0 atom stereocenters. The molecule has 5 rings (SSSR count). The van der Waals surface area contributed by atoms with Gasteiger partial charge in [-0.05, 0) is 30.3 Å². The van der Waals surface area contributed by atoms with Crippen molar-refractivity contribution in [2.75, 3.05) is 31.1 Å². The van der Waals surface area contributed by atoms with Crippen LogP contribution in [0, 0.1) is 11.3 Å². The number of halogens is 3. The minimum atomic E-state index is -5.08. The third-order valence-electron chi connectivity index (χ3n) is 5.55. The van der Waals surface area contributed by atoms with Gasteiger partial charge in [0.1, 0.15) is 11.9 Å². The fraction of sp³-hybridized carbons (Fsp3) is 0.200. The summed E-state index contributed by atoms with van der Waals surface area (Å²) < 4.78 is 31.7. The molecule has 11 heteroatoms. The quantitative estimate of drug-likeness (QED) is 0.391. The van der Waals surface area contributed by atoms with Gasteiger partial charge in [0, 0.05) is 60.8 Å². The van der Waals surface area contributed by atoms with Gasteiger partial charge >= 0.3 is 12.1 Å². The van der Waals surface area contributed by atoms with Crippen molar-refractivity contribution < 1.29 is 23.1 Å². The van der Waals surface area contributed by atoms with Crippen LogP contribution in [0.5, 0.6) is 0 Å². The molecule has 1 aliphatic heterocycles. The van der Waals surface area contributed by atoms with Crippen LogP contribution in [0.25, 0.3) is 33.4 Å². The fourth-order valence-electron chi connectivity index (χ4n) is 3.79. The Hall–Kier alpha value is -4.43. The highest BCUT2D eigenvalue weighted by Crippen LogP contribution is 2.30. The van der Waals surface area contributed by atoms with Crippen molar-refractivity contribution in [3.63, 3.8) is 0 Å². The molecular formula is C25H21F3N6O2. The third kappa shape index (κ3) is 5.61. The molecule has 1 aliphatic rings. The van der Waals surface area contributed by atoms with Gasteiger partial charge in [-0.15, -0.1) is 0 Å². The van der Waals surface area contributed by atoms with Crippen molar-refractivity contribution in [2.45, 2.75) is 6.18 Å². The average molecular weight is 494 g/mol. The van der Waals surface area contributed by atoms with Crippen LogP contribution in [0.15, 0.2) is 60.9 Å². The van der Waals surface area contributed by atoms with Crippen molar-refractivity contribution in [3.05, 3.63) is 66.5 Å². The van der Waals surface area contributed by atoms with Gasteiger partial charge in [0.15, 0.2) is 0 Å². The molecule has 0 amide bonds. The minimum absolute atomic E-state index is 0.674. The van der Waals surface area contributed by atoms with E-state index in [1.807, 2.05) is 42.6 Å². The number of carbonyl (C=O) groups is 1. The van der Waals surface area contributed by atoms with Crippen LogP contribution in [-0.4, -0.2) is 58.4 Å². The van der Waals surface area contributed by atoms with Gasteiger partial charge in [-0.1, -0.05) is 18.2 Å². The first-order valence-corrected chi connectivity index (χ1v) is 11.0. The maximum Gasteiger partial charge on any atom is 0.490 e. The number of carboxylic acids is 1. The number of aromatic nitrogens is 3. The van der Waals surface area contributed by atoms with E-state index >= 15 is 0 Å². The standard InChI is InChI=1S/C23H20N6.C2HF3O2/c24-14-18-13-22(28-23(18)29-9-7-25-8-10-29)17-5-6-26-21(12-17)19-11-16-3-1-2-4-20(16)27-15-19;3-2(4,5)1(6)7/h1-6,11-13,15,25,28H,7-10H2;(H,6,7). The van der Waals surface area contributed by atoms with Gasteiger partial charge in [0.05, 0.1) is 16.8 Å². The highest BCUT2D eigenvalue weighted by molar-refractivity contribution is 5.83. The van der Waals surface area contributed by atoms with E-state index in [-0.39, 0.29) is 0 Å². The van der Waals surface area contributed by atoms with Crippen molar-refractivity contribution in [3.8, 4) is 28.6 Å². The summed E-state index contributed by atoms with van der Waals surface area (Å²) in [4.78, 5) is 23.7. The van der Waals surface area contributed by atoms with E-state index in [1.54, 1.807) is 6.20 Å². The molecule has 1 saturated heterocycles. The number of piperazine rings is 1. The van der Waals surface area contributed by atoms with Gasteiger partial charge in [0.2, 0.25) is 0 Å². The average Bonchev–Trinajstić information content (AvgIpc) is 3.33. The number of hydrogen-bond donors (Lipinski definition) is 3. The van der Waals surface area contributed by atoms with Crippen LogP contribution in [0.3, 0.4) is 0 Å². The number of aromatic amines is 1. The minimum Gasteiger partial charge on any atom is -0.475 e. The number of alkyl halides is 3. The first kappa shape index (κ1) is 24.7. The number of para-hydroxylation sites is 1. The highest BCUT2D eigenvalue weighted by atomic mass is 19.4. The molecule has 8 nitrogen and oxygen atoms in total. The normalized spacial score (nSPS) is 13.6. The molecule has 0 aliphatic carbocycles. The van der Waals surface area contributed by atoms with E-state index in [9.17, 15) is 18.4 Å². The van der Waals surface area contributed by atoms with Crippen LogP contribution in [0.2, 0.25) is 0 Å². The van der Waals surface area contributed by atoms with Gasteiger partial charge in [0.25, 0.3) is 0 Å². The lowest BCUT2D eigenvalue weighted by Crippen LogP contribution is -2.44. The van der Waals surface area contributed by atoms with E-state index < -0.39 is 12.1 Å². The first-order valence-electron chi connectivity index (χ1n) is 11.0. The second kappa shape index (κ2) is 10.5. The second-order valence-electron chi connectivity index (χ2n) is 7.94. The lowest BCUT2D eigenvalue weighted by molar-refractivity contribution is -0.192. The Morgan fingerprint density at radius 1 is 1.06 bits per heavy atom. The Balaban J connectivity index is 0.000000384. The molecule has 0 unspecified atom stereocenters. The molecule has 0 radical (unpaired) electrons. The number of nitrogens with zero attached hydrogens (tertiary/aromatic N) is 4. The van der Waals surface area contributed by atoms with Gasteiger partial charge in [-0.25, -0.2) is 4.79 Å². The van der Waals surface area contributed by atoms with E-state index in [0.717, 1.165) is 65.4 Å². The number of nitrogens with one attached hydrogen (secondary N) is 2. The van der Waals surface area contributed by atoms with Crippen molar-refractivity contribution >= 4 is 22.7 Å². The topological polar surface area (TPSA) is 118 Å². The number of benzene rings is 1. The van der Waals surface area contributed by atoms with Crippen LogP contribution >= 0.6 is 0 Å². The zero-order chi connectivity index (χ0) is 25.7. The third-order valence-corrected chi connectivity index (χ3v) is 5.55. The summed E-state index contributed by atoms with van der Waals surface area (Å²) >= 11 is 0. The number of H-pyrrole nitrogens is 1. The number of fused-ring (bicyclic) bond motifs is 1. The number of pyridine rings is 2. The van der Waals surface area contributed by atoms with Crippen LogP contribution in [0.1, 0.15) is 5.56 Å². The molecule has 4 heterocycles. The fourth-order valence-corrected chi connectivity index (χ4v) is 3.79. The number of anilines is 1. The molecule has 184 valence electrons. The monoisotopic (exact) mass is 494 g/mol. The van der Waals surface area contributed by atoms with E-state index in [2.05, 4.69) is 43.4 Å². The van der Waals surface area contributed by atoms with Crippen molar-refractivity contribution in [2.24, 2.45) is 0 Å². The number of carboxylic acid groups (broad SMARTS) is 1. The predicted molar refractivity (Wildman–Crippen MR) is 128 cm³/mol. The van der Waals surface area contributed by atoms with Gasteiger partial charge < -0.3 is 20.3 Å². The molecule has 0 spiro atoms. The summed E-state index contributed by atoms with van der Waals surface area (Å²) in [7, 11) is 0. The predicted octanol–water partition coefficient (Wildman–Crippen LogP) is 4.21. The Labute approximate surface area is 204 Å². The van der Waals surface area contributed by atoms with Gasteiger partial charge in [-0.2, -0.15) is 18.4 Å². The maximum absolute atomic E-state index is 10.6. The SMILES string of the molecule is N#Cc1cc(-c2ccnc(-c3cnc4ccccc4c3)c2)[nH]c1N1CCNCC1.O=C(O)C(F)(F)F. The Kier molecular flexibility index (Phi) is 7.17. The summed E-state index contributed by atoms with van der Waals surface area (Å²) in [5, 5.41) is 21.2. The molecular weight excluding hydrogens is 473 g/mol. The molecule has 3 N–H and O–H groups in total. The van der Waals surface area contributed by atoms with E-state index in [4.69, 9.17) is 9.90 Å². The van der Waals surface area contributed by atoms with Crippen LogP contribution in [0.4, 0.5) is 19.0 Å². The second-order valence-corrected chi connectivity index (χ2v) is 7.94. The first-order chi connectivity index (χ1) is 17.3. The summed E-state index contributed by atoms with van der Waals surface area (Å²) in [5.74, 6) is -1.86. The molecule has 1 aromatic carbocycles. The maximum atomic E-state index is 10.6. The lowest BCUT2D eigenvalue weighted by Gasteiger charge is -2.28. The smallest absolute Gasteiger partial charge is 0.475 e. The van der Waals surface area contributed by atoms with Crippen LogP contribution < -0.4 is 10.2 Å². The lowest BCUT2D eigenvalue weighted by atomic mass is 10.1. The molecule has 4 aromatic rings. The highest BCUT2D eigenvalue weighted by Gasteiger charge is 2.38. The molecule has 3 aromatic heterocycles. The van der Waals surface area contributed by atoms with E-state index in [1.165, 1.54) is 0 Å². The number of hydrogen-bond acceptors (Lipinski definition) is 6. The molecule has 0 bridgehead atoms. The van der Waals surface area contributed by atoms with Crippen LogP contribution in [-0.2, 0) is 4.79 Å². The number of rotatable bonds is 3. The largest absolute Gasteiger partial charge is 0.490 e. The Morgan fingerprint density at radius 3 is 2.47 bits per heavy atom. The molecule has 1 fully saturated rings. The summed E-state index contributed by atoms with van der Waals surface area (Å²) in [6.07, 6.45) is -1.42. The van der Waals surface area contributed by atoms with Crippen molar-refractivity contribution in [1.82, 2.24) is 20.3 Å². The van der Waals surface area contributed by atoms with Gasteiger partial charge in [-0.3, -0.25) is 9.97 Å². The zero-order valence-corrected chi connectivity index (χ0v) is 18.9. The summed E-state index contributed by atoms with van der Waals surface area (Å²) in [6.45, 7) is 3.62. The number of nitriles is 1. The zero-order valence-electron chi connectivity index (χ0n) is 18.9. The summed E-state index contributed by atoms with van der Waals surface area (Å²) in [6, 6.07) is 18.4. The summed E-state index contributed by atoms with van der Waals surface area (Å²) in [5.41, 5.74) is 5.40. The molecule has 0 saturated carbocycles. The van der Waals surface area contributed by atoms with Crippen molar-refractivity contribution in [1.29, 1.82) is 5.26 Å². The Bertz CT molecular complexity index is 1420. The Morgan fingerprint density at radius 2 is 1.78 bits per heavy atom. The molecule has 36 heavy (non-hydrogen) atoms.